The first-order valence-corrected chi connectivity index (χ1v) is 11.8. The van der Waals surface area contributed by atoms with E-state index in [1.807, 2.05) is 20.8 Å². The van der Waals surface area contributed by atoms with Crippen LogP contribution in [0.3, 0.4) is 0 Å². The second-order valence-corrected chi connectivity index (χ2v) is 9.00. The smallest absolute Gasteiger partial charge is 0.163 e. The summed E-state index contributed by atoms with van der Waals surface area (Å²) in [6.07, 6.45) is -1.31. The van der Waals surface area contributed by atoms with Crippen molar-refractivity contribution < 1.29 is 24.2 Å². The van der Waals surface area contributed by atoms with Gasteiger partial charge >= 0.3 is 0 Å². The minimum atomic E-state index is -0.656. The van der Waals surface area contributed by atoms with E-state index >= 15 is 0 Å². The van der Waals surface area contributed by atoms with Crippen LogP contribution in [0.15, 0.2) is 22.7 Å². The Morgan fingerprint density at radius 1 is 1.23 bits per heavy atom. The quantitative estimate of drug-likeness (QED) is 0.345. The Labute approximate surface area is 208 Å². The number of hydrogen-bond donors (Lipinski definition) is 4. The maximum absolute atomic E-state index is 10.3. The van der Waals surface area contributed by atoms with Crippen molar-refractivity contribution in [3.63, 3.8) is 0 Å². The fourth-order valence-corrected chi connectivity index (χ4v) is 4.15. The molecule has 0 amide bonds. The Balaban J connectivity index is 1.77. The van der Waals surface area contributed by atoms with Gasteiger partial charge in [-0.15, -0.1) is 0 Å². The fraction of sp³-hybridized carbons (Fsp3) is 0.458. The second-order valence-electron chi connectivity index (χ2n) is 8.59. The predicted octanol–water partition coefficient (Wildman–Crippen LogP) is 2.51. The summed E-state index contributed by atoms with van der Waals surface area (Å²) < 4.78 is 16.5. The van der Waals surface area contributed by atoms with E-state index < -0.39 is 12.2 Å². The SMILES string of the molecule is CNCC(O)COc1ccc(Cl)c(-c2nc(NC3COCC3O)c(C)c(-c3c(C)noc3C)n2)c1. The fourth-order valence-electron chi connectivity index (χ4n) is 3.95. The Morgan fingerprint density at radius 3 is 2.69 bits per heavy atom. The van der Waals surface area contributed by atoms with Crippen LogP contribution in [0.25, 0.3) is 22.6 Å². The number of nitrogens with zero attached hydrogens (tertiary/aromatic N) is 3. The standard InChI is InChI=1S/C24H30ClN5O5/c1-12-22(21-13(2)30-35-14(21)3)28-24(29-23(12)27-19-10-33-11-20(19)32)17-7-16(5-6-18(17)25)34-9-15(31)8-26-4/h5-7,15,19-20,26,31-32H,8-11H2,1-4H3,(H,27,28,29). The van der Waals surface area contributed by atoms with Crippen LogP contribution in [0.4, 0.5) is 5.82 Å². The molecule has 0 bridgehead atoms. The molecule has 0 spiro atoms. The largest absolute Gasteiger partial charge is 0.491 e. The minimum absolute atomic E-state index is 0.118. The lowest BCUT2D eigenvalue weighted by atomic mass is 10.0. The Morgan fingerprint density at radius 2 is 2.03 bits per heavy atom. The summed E-state index contributed by atoms with van der Waals surface area (Å²) >= 11 is 6.56. The normalized spacial score (nSPS) is 18.6. The number of aromatic nitrogens is 3. The number of nitrogens with one attached hydrogen (secondary N) is 2. The van der Waals surface area contributed by atoms with Crippen LogP contribution >= 0.6 is 11.6 Å². The number of likely N-dealkylation sites (N-methyl/N-ethyl adjacent to an activating group) is 1. The van der Waals surface area contributed by atoms with Gasteiger partial charge in [0, 0.05) is 17.7 Å². The molecule has 1 aliphatic heterocycles. The van der Waals surface area contributed by atoms with Crippen molar-refractivity contribution in [3.05, 3.63) is 40.2 Å². The minimum Gasteiger partial charge on any atom is -0.491 e. The molecule has 3 unspecified atom stereocenters. The van der Waals surface area contributed by atoms with E-state index in [-0.39, 0.29) is 19.3 Å². The van der Waals surface area contributed by atoms with Gasteiger partial charge in [-0.3, -0.25) is 0 Å². The molecule has 188 valence electrons. The zero-order valence-electron chi connectivity index (χ0n) is 20.1. The molecule has 2 aromatic heterocycles. The Bertz CT molecular complexity index is 1170. The van der Waals surface area contributed by atoms with Crippen molar-refractivity contribution in [3.8, 4) is 28.4 Å². The van der Waals surface area contributed by atoms with Crippen molar-refractivity contribution in [1.29, 1.82) is 0 Å². The highest BCUT2D eigenvalue weighted by Gasteiger charge is 2.28. The third-order valence-corrected chi connectivity index (χ3v) is 6.18. The summed E-state index contributed by atoms with van der Waals surface area (Å²) in [6, 6.07) is 4.87. The molecule has 1 aromatic carbocycles. The highest BCUT2D eigenvalue weighted by atomic mass is 35.5. The van der Waals surface area contributed by atoms with E-state index in [2.05, 4.69) is 15.8 Å². The van der Waals surface area contributed by atoms with Gasteiger partial charge in [-0.2, -0.15) is 0 Å². The molecule has 3 atom stereocenters. The van der Waals surface area contributed by atoms with Crippen molar-refractivity contribution in [2.75, 3.05) is 38.7 Å². The van der Waals surface area contributed by atoms with Crippen molar-refractivity contribution in [2.24, 2.45) is 0 Å². The lowest BCUT2D eigenvalue weighted by molar-refractivity contribution is 0.108. The number of rotatable bonds is 9. The number of hydrogen-bond acceptors (Lipinski definition) is 10. The van der Waals surface area contributed by atoms with Gasteiger partial charge in [0.2, 0.25) is 0 Å². The third-order valence-electron chi connectivity index (χ3n) is 5.85. The van der Waals surface area contributed by atoms with Crippen LogP contribution in [0.1, 0.15) is 17.0 Å². The number of anilines is 1. The van der Waals surface area contributed by atoms with Crippen molar-refractivity contribution in [2.45, 2.75) is 39.0 Å². The number of aliphatic hydroxyl groups is 2. The molecular weight excluding hydrogens is 474 g/mol. The van der Waals surface area contributed by atoms with E-state index in [9.17, 15) is 10.2 Å². The maximum Gasteiger partial charge on any atom is 0.163 e. The van der Waals surface area contributed by atoms with Crippen molar-refractivity contribution in [1.82, 2.24) is 20.4 Å². The summed E-state index contributed by atoms with van der Waals surface area (Å²) in [4.78, 5) is 9.60. The molecule has 3 heterocycles. The van der Waals surface area contributed by atoms with Gasteiger partial charge in [0.15, 0.2) is 5.82 Å². The lowest BCUT2D eigenvalue weighted by Crippen LogP contribution is -2.32. The molecule has 35 heavy (non-hydrogen) atoms. The maximum atomic E-state index is 10.3. The number of benzene rings is 1. The summed E-state index contributed by atoms with van der Waals surface area (Å²) in [6.45, 7) is 6.74. The van der Waals surface area contributed by atoms with Crippen LogP contribution < -0.4 is 15.4 Å². The van der Waals surface area contributed by atoms with E-state index in [4.69, 9.17) is 35.6 Å². The number of aryl methyl sites for hydroxylation is 2. The molecule has 4 rings (SSSR count). The predicted molar refractivity (Wildman–Crippen MR) is 132 cm³/mol. The monoisotopic (exact) mass is 503 g/mol. The molecular formula is C24H30ClN5O5. The molecule has 4 N–H and O–H groups in total. The first kappa shape index (κ1) is 25.3. The zero-order chi connectivity index (χ0) is 25.1. The average Bonchev–Trinajstić information content (AvgIpc) is 3.39. The van der Waals surface area contributed by atoms with Gasteiger partial charge in [0.05, 0.1) is 47.3 Å². The molecule has 0 aliphatic carbocycles. The third kappa shape index (κ3) is 5.57. The molecule has 1 saturated heterocycles. The van der Waals surface area contributed by atoms with Crippen LogP contribution in [0.2, 0.25) is 5.02 Å². The summed E-state index contributed by atoms with van der Waals surface area (Å²) in [7, 11) is 1.76. The molecule has 10 nitrogen and oxygen atoms in total. The lowest BCUT2D eigenvalue weighted by Gasteiger charge is -2.20. The van der Waals surface area contributed by atoms with E-state index in [0.29, 0.717) is 58.3 Å². The molecule has 11 heteroatoms. The molecule has 1 aliphatic rings. The molecule has 0 radical (unpaired) electrons. The van der Waals surface area contributed by atoms with E-state index in [1.54, 1.807) is 25.2 Å². The van der Waals surface area contributed by atoms with Crippen molar-refractivity contribution >= 4 is 17.4 Å². The van der Waals surface area contributed by atoms with Gasteiger partial charge in [-0.1, -0.05) is 16.8 Å². The second kappa shape index (κ2) is 10.9. The molecule has 3 aromatic rings. The topological polar surface area (TPSA) is 135 Å². The number of aliphatic hydroxyl groups excluding tert-OH is 2. The molecule has 0 saturated carbocycles. The van der Waals surface area contributed by atoms with Gasteiger partial charge in [-0.25, -0.2) is 9.97 Å². The van der Waals surface area contributed by atoms with Crippen LogP contribution in [0, 0.1) is 20.8 Å². The van der Waals surface area contributed by atoms with Gasteiger partial charge in [0.25, 0.3) is 0 Å². The van der Waals surface area contributed by atoms with E-state index in [0.717, 1.165) is 11.1 Å². The summed E-state index contributed by atoms with van der Waals surface area (Å²) in [5, 5.41) is 31.0. The average molecular weight is 504 g/mol. The molecule has 1 fully saturated rings. The van der Waals surface area contributed by atoms with Crippen LogP contribution in [-0.4, -0.2) is 77.0 Å². The van der Waals surface area contributed by atoms with Gasteiger partial charge < -0.3 is 34.8 Å². The highest BCUT2D eigenvalue weighted by Crippen LogP contribution is 2.36. The summed E-state index contributed by atoms with van der Waals surface area (Å²) in [5.41, 5.74) is 3.46. The number of ether oxygens (including phenoxy) is 2. The van der Waals surface area contributed by atoms with E-state index in [1.165, 1.54) is 0 Å². The Kier molecular flexibility index (Phi) is 7.88. The van der Waals surface area contributed by atoms with Crippen LogP contribution in [0.5, 0.6) is 5.75 Å². The summed E-state index contributed by atoms with van der Waals surface area (Å²) in [5.74, 6) is 2.07. The first-order chi connectivity index (χ1) is 16.8. The van der Waals surface area contributed by atoms with Gasteiger partial charge in [0.1, 0.15) is 30.0 Å². The zero-order valence-corrected chi connectivity index (χ0v) is 20.9. The first-order valence-electron chi connectivity index (χ1n) is 11.4. The highest BCUT2D eigenvalue weighted by molar-refractivity contribution is 6.33. The number of halogens is 1. The Hall–Kier alpha value is -2.76. The van der Waals surface area contributed by atoms with Gasteiger partial charge in [-0.05, 0) is 46.0 Å². The van der Waals surface area contributed by atoms with Crippen LogP contribution in [-0.2, 0) is 4.74 Å².